The lowest BCUT2D eigenvalue weighted by Gasteiger charge is -2.23. The number of fused-ring (bicyclic) bond motifs is 2. The molecule has 6 nitrogen and oxygen atoms in total. The van der Waals surface area contributed by atoms with Gasteiger partial charge < -0.3 is 19.5 Å². The number of hydrogen-bond donors (Lipinski definition) is 1. The van der Waals surface area contributed by atoms with Crippen LogP contribution in [-0.4, -0.2) is 23.6 Å². The number of halogens is 1. The lowest BCUT2D eigenvalue weighted by molar-refractivity contribution is -0.136. The van der Waals surface area contributed by atoms with Crippen molar-refractivity contribution >= 4 is 33.3 Å². The molecule has 3 aromatic rings. The summed E-state index contributed by atoms with van der Waals surface area (Å²) < 4.78 is 11.4. The Labute approximate surface area is 193 Å². The van der Waals surface area contributed by atoms with Crippen molar-refractivity contribution in [1.82, 2.24) is 0 Å². The van der Waals surface area contributed by atoms with Gasteiger partial charge in [0.25, 0.3) is 5.91 Å². The summed E-state index contributed by atoms with van der Waals surface area (Å²) in [4.78, 5) is 28.1. The first kappa shape index (κ1) is 20.7. The van der Waals surface area contributed by atoms with Crippen molar-refractivity contribution < 1.29 is 24.2 Å². The first-order chi connectivity index (χ1) is 15.3. The van der Waals surface area contributed by atoms with Gasteiger partial charge in [0.2, 0.25) is 6.79 Å². The second-order valence-corrected chi connectivity index (χ2v) is 8.98. The summed E-state index contributed by atoms with van der Waals surface area (Å²) in [6, 6.07) is 18.0. The molecule has 0 saturated heterocycles. The normalized spacial score (nSPS) is 18.7. The van der Waals surface area contributed by atoms with Crippen LogP contribution in [0.15, 0.2) is 65.1 Å². The number of carbonyl (C=O) groups excluding carboxylic acids is 2. The number of amides is 1. The van der Waals surface area contributed by atoms with Gasteiger partial charge in [-0.3, -0.25) is 9.59 Å². The summed E-state index contributed by atoms with van der Waals surface area (Å²) >= 11 is 3.42. The number of anilines is 1. The van der Waals surface area contributed by atoms with Crippen molar-refractivity contribution in [1.29, 1.82) is 0 Å². The minimum atomic E-state index is -1.96. The average molecular weight is 494 g/mol. The number of rotatable bonds is 5. The Hall–Kier alpha value is -3.16. The molecule has 32 heavy (non-hydrogen) atoms. The third-order valence-corrected chi connectivity index (χ3v) is 6.36. The highest BCUT2D eigenvalue weighted by molar-refractivity contribution is 9.10. The zero-order valence-corrected chi connectivity index (χ0v) is 18.9. The average Bonchev–Trinajstić information content (AvgIpc) is 3.32. The third kappa shape index (κ3) is 3.47. The van der Waals surface area contributed by atoms with Crippen LogP contribution in [0.3, 0.4) is 0 Å². The van der Waals surface area contributed by atoms with Crippen molar-refractivity contribution in [3.63, 3.8) is 0 Å². The molecule has 0 unspecified atom stereocenters. The third-order valence-electron chi connectivity index (χ3n) is 5.87. The Kier molecular flexibility index (Phi) is 5.03. The van der Waals surface area contributed by atoms with Crippen LogP contribution in [0.25, 0.3) is 0 Å². The number of carbonyl (C=O) groups is 2. The van der Waals surface area contributed by atoms with Crippen LogP contribution in [0.2, 0.25) is 0 Å². The van der Waals surface area contributed by atoms with Crippen molar-refractivity contribution in [2.24, 2.45) is 0 Å². The number of aliphatic hydroxyl groups is 1. The fourth-order valence-corrected chi connectivity index (χ4v) is 4.49. The molecular weight excluding hydrogens is 474 g/mol. The Morgan fingerprint density at radius 3 is 2.59 bits per heavy atom. The molecule has 1 N–H and O–H groups in total. The molecule has 0 spiro atoms. The Morgan fingerprint density at radius 1 is 1.06 bits per heavy atom. The summed E-state index contributed by atoms with van der Waals surface area (Å²) in [6.45, 7) is 2.40. The largest absolute Gasteiger partial charge is 0.454 e. The maximum atomic E-state index is 13.5. The second kappa shape index (κ2) is 7.76. The predicted octanol–water partition coefficient (Wildman–Crippen LogP) is 4.49. The molecule has 3 aromatic carbocycles. The maximum Gasteiger partial charge on any atom is 0.264 e. The van der Waals surface area contributed by atoms with Crippen LogP contribution in [-0.2, 0) is 16.9 Å². The van der Waals surface area contributed by atoms with E-state index in [4.69, 9.17) is 9.47 Å². The van der Waals surface area contributed by atoms with Gasteiger partial charge in [-0.1, -0.05) is 45.8 Å². The number of ether oxygens (including phenoxy) is 2. The standard InChI is InChI=1S/C25H20BrNO5/c1-15-2-4-16(5-3-15)13-27-20-8-7-18(26)11-19(20)25(30,24(27)29)12-21(28)17-6-9-22-23(10-17)32-14-31-22/h2-11,30H,12-14H2,1H3/t25-/m0/s1. The Balaban J connectivity index is 1.48. The van der Waals surface area contributed by atoms with E-state index in [1.54, 1.807) is 35.2 Å². The quantitative estimate of drug-likeness (QED) is 0.529. The first-order valence-corrected chi connectivity index (χ1v) is 11.0. The molecule has 5 rings (SSSR count). The highest BCUT2D eigenvalue weighted by atomic mass is 79.9. The van der Waals surface area contributed by atoms with E-state index in [2.05, 4.69) is 15.9 Å². The molecule has 0 fully saturated rings. The van der Waals surface area contributed by atoms with E-state index in [0.717, 1.165) is 15.6 Å². The lowest BCUT2D eigenvalue weighted by Crippen LogP contribution is -2.41. The summed E-state index contributed by atoms with van der Waals surface area (Å²) in [5.74, 6) is 0.169. The molecule has 2 aliphatic rings. The van der Waals surface area contributed by atoms with Gasteiger partial charge in [-0.15, -0.1) is 0 Å². The maximum absolute atomic E-state index is 13.5. The predicted molar refractivity (Wildman–Crippen MR) is 122 cm³/mol. The molecule has 2 aliphatic heterocycles. The van der Waals surface area contributed by atoms with Crippen LogP contribution in [0.5, 0.6) is 11.5 Å². The molecule has 1 amide bonds. The number of benzene rings is 3. The molecule has 162 valence electrons. The molecule has 0 saturated carbocycles. The zero-order valence-electron chi connectivity index (χ0n) is 17.3. The van der Waals surface area contributed by atoms with Crippen LogP contribution in [0.1, 0.15) is 33.5 Å². The van der Waals surface area contributed by atoms with E-state index in [1.807, 2.05) is 37.3 Å². The number of nitrogens with zero attached hydrogens (tertiary/aromatic N) is 1. The number of Topliss-reactive ketones (excluding diaryl/α,β-unsaturated/α-hetero) is 1. The van der Waals surface area contributed by atoms with E-state index in [1.165, 1.54) is 0 Å². The first-order valence-electron chi connectivity index (χ1n) is 10.2. The van der Waals surface area contributed by atoms with Gasteiger partial charge in [0.15, 0.2) is 22.9 Å². The summed E-state index contributed by atoms with van der Waals surface area (Å²) in [5.41, 5.74) is 1.46. The molecule has 0 aliphatic carbocycles. The smallest absolute Gasteiger partial charge is 0.264 e. The monoisotopic (exact) mass is 493 g/mol. The molecule has 0 bridgehead atoms. The SMILES string of the molecule is Cc1ccc(CN2C(=O)[C@](O)(CC(=O)c3ccc4c(c3)OCO4)c3cc(Br)ccc32)cc1. The Bertz CT molecular complexity index is 1240. The molecule has 7 heteroatoms. The van der Waals surface area contributed by atoms with Gasteiger partial charge in [0.05, 0.1) is 18.7 Å². The van der Waals surface area contributed by atoms with Gasteiger partial charge in [0.1, 0.15) is 0 Å². The minimum absolute atomic E-state index is 0.102. The van der Waals surface area contributed by atoms with Gasteiger partial charge >= 0.3 is 0 Å². The molecule has 1 atom stereocenters. The highest BCUT2D eigenvalue weighted by Gasteiger charge is 2.51. The summed E-state index contributed by atoms with van der Waals surface area (Å²) in [5, 5.41) is 11.6. The minimum Gasteiger partial charge on any atom is -0.454 e. The van der Waals surface area contributed by atoms with Gasteiger partial charge in [0, 0.05) is 15.6 Å². The molecule has 0 aromatic heterocycles. The van der Waals surface area contributed by atoms with Crippen LogP contribution in [0.4, 0.5) is 5.69 Å². The van der Waals surface area contributed by atoms with E-state index >= 15 is 0 Å². The van der Waals surface area contributed by atoms with Crippen molar-refractivity contribution in [2.45, 2.75) is 25.5 Å². The van der Waals surface area contributed by atoms with E-state index in [0.29, 0.717) is 34.9 Å². The number of aryl methyl sites for hydroxylation is 1. The Morgan fingerprint density at radius 2 is 1.81 bits per heavy atom. The zero-order chi connectivity index (χ0) is 22.5. The van der Waals surface area contributed by atoms with Crippen LogP contribution in [0, 0.1) is 6.92 Å². The molecular formula is C25H20BrNO5. The van der Waals surface area contributed by atoms with E-state index in [-0.39, 0.29) is 19.0 Å². The van der Waals surface area contributed by atoms with Crippen LogP contribution < -0.4 is 14.4 Å². The summed E-state index contributed by atoms with van der Waals surface area (Å²) in [6.07, 6.45) is -0.376. The number of hydrogen-bond acceptors (Lipinski definition) is 5. The van der Waals surface area contributed by atoms with Gasteiger partial charge in [-0.05, 0) is 48.9 Å². The topological polar surface area (TPSA) is 76.1 Å². The van der Waals surface area contributed by atoms with Crippen molar-refractivity contribution in [3.05, 3.63) is 87.4 Å². The highest BCUT2D eigenvalue weighted by Crippen LogP contribution is 2.45. The van der Waals surface area contributed by atoms with Gasteiger partial charge in [-0.2, -0.15) is 0 Å². The van der Waals surface area contributed by atoms with E-state index < -0.39 is 11.5 Å². The molecule has 2 heterocycles. The van der Waals surface area contributed by atoms with Gasteiger partial charge in [-0.25, -0.2) is 0 Å². The number of ketones is 1. The fourth-order valence-electron chi connectivity index (χ4n) is 4.13. The second-order valence-electron chi connectivity index (χ2n) is 8.07. The summed E-state index contributed by atoms with van der Waals surface area (Å²) in [7, 11) is 0. The van der Waals surface area contributed by atoms with Crippen molar-refractivity contribution in [2.75, 3.05) is 11.7 Å². The fraction of sp³-hybridized carbons (Fsp3) is 0.200. The van der Waals surface area contributed by atoms with Crippen molar-refractivity contribution in [3.8, 4) is 11.5 Å². The van der Waals surface area contributed by atoms with Crippen LogP contribution >= 0.6 is 15.9 Å². The molecule has 0 radical (unpaired) electrons. The lowest BCUT2D eigenvalue weighted by atomic mass is 9.88. The van der Waals surface area contributed by atoms with E-state index in [9.17, 15) is 14.7 Å².